The van der Waals surface area contributed by atoms with Gasteiger partial charge in [0, 0.05) is 17.7 Å². The predicted octanol–water partition coefficient (Wildman–Crippen LogP) is 5.14. The van der Waals surface area contributed by atoms with Gasteiger partial charge in [-0.1, -0.05) is 29.8 Å². The number of aromatic nitrogens is 2. The molecule has 0 bridgehead atoms. The summed E-state index contributed by atoms with van der Waals surface area (Å²) < 4.78 is 16.2. The van der Waals surface area contributed by atoms with Crippen LogP contribution >= 0.6 is 0 Å². The second kappa shape index (κ2) is 9.83. The van der Waals surface area contributed by atoms with Crippen LogP contribution in [0, 0.1) is 20.8 Å². The van der Waals surface area contributed by atoms with E-state index in [-0.39, 0.29) is 17.3 Å². The molecule has 0 radical (unpaired) electrons. The Hall–Kier alpha value is -4.79. The number of Topliss-reactive ketones (excluding diaryl/α,β-unsaturated/α-hetero) is 1. The minimum absolute atomic E-state index is 0.0196. The zero-order valence-electron chi connectivity index (χ0n) is 22.6. The lowest BCUT2D eigenvalue weighted by atomic mass is 9.92. The van der Waals surface area contributed by atoms with Crippen molar-refractivity contribution < 1.29 is 28.9 Å². The Bertz CT molecular complexity index is 1630. The van der Waals surface area contributed by atoms with Gasteiger partial charge in [0.15, 0.2) is 11.5 Å². The van der Waals surface area contributed by atoms with Crippen molar-refractivity contribution in [3.05, 3.63) is 81.9 Å². The summed E-state index contributed by atoms with van der Waals surface area (Å²) in [4.78, 5) is 36.3. The van der Waals surface area contributed by atoms with E-state index in [1.165, 1.54) is 19.1 Å². The van der Waals surface area contributed by atoms with Crippen LogP contribution in [0.25, 0.3) is 16.8 Å². The fourth-order valence-electron chi connectivity index (χ4n) is 5.05. The molecular formula is C30H29N3O6. The van der Waals surface area contributed by atoms with Gasteiger partial charge in [0.25, 0.3) is 5.78 Å². The number of ether oxygens (including phenoxy) is 3. The number of carbonyl (C=O) groups excluding carboxylic acids is 2. The highest BCUT2D eigenvalue weighted by Crippen LogP contribution is 2.43. The molecule has 1 amide bonds. The lowest BCUT2D eigenvalue weighted by molar-refractivity contribution is -0.132. The van der Waals surface area contributed by atoms with Crippen LogP contribution in [0.4, 0.5) is 5.95 Å². The highest BCUT2D eigenvalue weighted by molar-refractivity contribution is 6.51. The largest absolute Gasteiger partial charge is 0.507 e. The number of rotatable bonds is 6. The number of hydrogen-bond donors (Lipinski definition) is 2. The first kappa shape index (κ1) is 25.8. The maximum atomic E-state index is 13.6. The van der Waals surface area contributed by atoms with Gasteiger partial charge in [0.2, 0.25) is 5.95 Å². The van der Waals surface area contributed by atoms with Crippen LogP contribution in [0.2, 0.25) is 0 Å². The van der Waals surface area contributed by atoms with Crippen molar-refractivity contribution in [3.8, 4) is 17.2 Å². The fraction of sp³-hybridized carbons (Fsp3) is 0.233. The number of imidazole rings is 1. The summed E-state index contributed by atoms with van der Waals surface area (Å²) >= 11 is 0. The number of nitrogens with zero attached hydrogens (tertiary/aromatic N) is 2. The summed E-state index contributed by atoms with van der Waals surface area (Å²) in [6, 6.07) is 13.5. The van der Waals surface area contributed by atoms with Crippen LogP contribution in [0.15, 0.2) is 54.1 Å². The number of carbonyl (C=O) groups is 2. The average Bonchev–Trinajstić information content (AvgIpc) is 3.45. The molecule has 5 rings (SSSR count). The molecule has 2 heterocycles. The first-order valence-corrected chi connectivity index (χ1v) is 12.3. The molecular weight excluding hydrogens is 498 g/mol. The van der Waals surface area contributed by atoms with Crippen LogP contribution < -0.4 is 19.1 Å². The summed E-state index contributed by atoms with van der Waals surface area (Å²) in [6.45, 7) is 5.59. The van der Waals surface area contributed by atoms with Crippen LogP contribution in [0.1, 0.15) is 33.9 Å². The van der Waals surface area contributed by atoms with Crippen molar-refractivity contribution in [2.75, 3.05) is 26.2 Å². The molecule has 0 saturated carbocycles. The topological polar surface area (TPSA) is 114 Å². The summed E-state index contributed by atoms with van der Waals surface area (Å²) in [5.41, 5.74) is 4.63. The number of H-pyrrole nitrogens is 1. The SMILES string of the molecule is COc1cc(C)c(/C(O)=C2\C(=O)C(=O)N(c3nc4cc(OC)c(OC)cc4[nH]3)C2c2cccc(C)c2)cc1C. The second-order valence-corrected chi connectivity index (χ2v) is 9.50. The number of amides is 1. The van der Waals surface area contributed by atoms with Crippen molar-refractivity contribution in [2.45, 2.75) is 26.8 Å². The number of aromatic amines is 1. The monoisotopic (exact) mass is 527 g/mol. The van der Waals surface area contributed by atoms with Gasteiger partial charge in [-0.25, -0.2) is 4.98 Å². The molecule has 9 nitrogen and oxygen atoms in total. The Kier molecular flexibility index (Phi) is 6.51. The van der Waals surface area contributed by atoms with E-state index in [1.807, 2.05) is 45.0 Å². The van der Waals surface area contributed by atoms with E-state index < -0.39 is 17.7 Å². The highest BCUT2D eigenvalue weighted by Gasteiger charge is 2.48. The van der Waals surface area contributed by atoms with E-state index in [1.54, 1.807) is 31.4 Å². The van der Waals surface area contributed by atoms with Crippen LogP contribution in [0.3, 0.4) is 0 Å². The molecule has 9 heteroatoms. The molecule has 0 aliphatic carbocycles. The van der Waals surface area contributed by atoms with Gasteiger partial charge in [-0.05, 0) is 49.6 Å². The van der Waals surface area contributed by atoms with Gasteiger partial charge in [0.1, 0.15) is 11.5 Å². The van der Waals surface area contributed by atoms with E-state index in [2.05, 4.69) is 9.97 Å². The van der Waals surface area contributed by atoms with E-state index in [4.69, 9.17) is 14.2 Å². The van der Waals surface area contributed by atoms with E-state index in [0.29, 0.717) is 45.0 Å². The lowest BCUT2D eigenvalue weighted by Crippen LogP contribution is -2.30. The lowest BCUT2D eigenvalue weighted by Gasteiger charge is -2.23. The highest BCUT2D eigenvalue weighted by atomic mass is 16.5. The Morgan fingerprint density at radius 3 is 2.26 bits per heavy atom. The first-order valence-electron chi connectivity index (χ1n) is 12.3. The molecule has 1 unspecified atom stereocenters. The first-order chi connectivity index (χ1) is 18.7. The number of nitrogens with one attached hydrogen (secondary N) is 1. The summed E-state index contributed by atoms with van der Waals surface area (Å²) in [6.07, 6.45) is 0. The minimum Gasteiger partial charge on any atom is -0.507 e. The van der Waals surface area contributed by atoms with Crippen LogP contribution in [0.5, 0.6) is 17.2 Å². The minimum atomic E-state index is -0.920. The molecule has 1 saturated heterocycles. The molecule has 1 atom stereocenters. The van der Waals surface area contributed by atoms with Crippen LogP contribution in [-0.2, 0) is 9.59 Å². The van der Waals surface area contributed by atoms with Crippen molar-refractivity contribution >= 4 is 34.4 Å². The van der Waals surface area contributed by atoms with Crippen molar-refractivity contribution in [1.82, 2.24) is 9.97 Å². The molecule has 1 fully saturated rings. The maximum Gasteiger partial charge on any atom is 0.302 e. The Labute approximate surface area is 225 Å². The number of hydrogen-bond acceptors (Lipinski definition) is 7. The number of anilines is 1. The number of aliphatic hydroxyl groups excluding tert-OH is 1. The average molecular weight is 528 g/mol. The van der Waals surface area contributed by atoms with Crippen molar-refractivity contribution in [2.24, 2.45) is 0 Å². The summed E-state index contributed by atoms with van der Waals surface area (Å²) in [5, 5.41) is 11.6. The van der Waals surface area contributed by atoms with Gasteiger partial charge in [-0.15, -0.1) is 0 Å². The predicted molar refractivity (Wildman–Crippen MR) is 148 cm³/mol. The molecule has 200 valence electrons. The van der Waals surface area contributed by atoms with E-state index in [0.717, 1.165) is 11.1 Å². The van der Waals surface area contributed by atoms with Gasteiger partial charge in [-0.2, -0.15) is 0 Å². The van der Waals surface area contributed by atoms with Gasteiger partial charge < -0.3 is 24.3 Å². The van der Waals surface area contributed by atoms with Gasteiger partial charge in [0.05, 0.1) is 44.0 Å². The third-order valence-electron chi connectivity index (χ3n) is 7.00. The van der Waals surface area contributed by atoms with E-state index >= 15 is 0 Å². The summed E-state index contributed by atoms with van der Waals surface area (Å²) in [5.74, 6) is -0.0755. The molecule has 39 heavy (non-hydrogen) atoms. The second-order valence-electron chi connectivity index (χ2n) is 9.50. The van der Waals surface area contributed by atoms with E-state index in [9.17, 15) is 14.7 Å². The normalized spacial score (nSPS) is 16.7. The van der Waals surface area contributed by atoms with Crippen molar-refractivity contribution in [1.29, 1.82) is 0 Å². The molecule has 0 spiro atoms. The van der Waals surface area contributed by atoms with Gasteiger partial charge in [-0.3, -0.25) is 14.5 Å². The zero-order valence-corrected chi connectivity index (χ0v) is 22.6. The smallest absolute Gasteiger partial charge is 0.302 e. The molecule has 3 aromatic carbocycles. The number of fused-ring (bicyclic) bond motifs is 1. The van der Waals surface area contributed by atoms with Gasteiger partial charge >= 0.3 is 5.91 Å². The third kappa shape index (κ3) is 4.25. The molecule has 4 aromatic rings. The number of ketones is 1. The Morgan fingerprint density at radius 2 is 1.59 bits per heavy atom. The number of methoxy groups -OCH3 is 3. The fourth-order valence-corrected chi connectivity index (χ4v) is 5.05. The Balaban J connectivity index is 1.74. The third-order valence-corrected chi connectivity index (χ3v) is 7.00. The Morgan fingerprint density at radius 1 is 0.897 bits per heavy atom. The molecule has 2 N–H and O–H groups in total. The number of aryl methyl sites for hydroxylation is 3. The number of benzene rings is 3. The molecule has 1 aromatic heterocycles. The summed E-state index contributed by atoms with van der Waals surface area (Å²) in [7, 11) is 4.62. The number of aliphatic hydroxyl groups is 1. The maximum absolute atomic E-state index is 13.6. The molecule has 1 aliphatic rings. The van der Waals surface area contributed by atoms with Crippen molar-refractivity contribution in [3.63, 3.8) is 0 Å². The quantitative estimate of drug-likeness (QED) is 0.203. The van der Waals surface area contributed by atoms with Crippen LogP contribution in [-0.4, -0.2) is 48.1 Å². The standard InChI is InChI=1S/C30H29N3O6/c1-15-8-7-9-18(10-15)26-25(27(34)19-11-17(3)22(37-4)12-16(19)2)28(35)29(36)33(26)30-31-20-13-23(38-5)24(39-6)14-21(20)32-30/h7-14,26,34H,1-6H3,(H,31,32)/b27-25+. The molecule has 1 aliphatic heterocycles. The zero-order chi connectivity index (χ0) is 28.0.